The fourth-order valence-corrected chi connectivity index (χ4v) is 5.74. The van der Waals surface area contributed by atoms with Crippen LogP contribution in [0.15, 0.2) is 0 Å². The van der Waals surface area contributed by atoms with E-state index in [0.717, 1.165) is 32.8 Å². The van der Waals surface area contributed by atoms with Crippen LogP contribution in [0.5, 0.6) is 0 Å². The number of hydrogen-bond acceptors (Lipinski definition) is 2. The second-order valence-corrected chi connectivity index (χ2v) is 12.4. The van der Waals surface area contributed by atoms with E-state index >= 15 is 0 Å². The van der Waals surface area contributed by atoms with Gasteiger partial charge in [0.15, 0.2) is 0 Å². The third kappa shape index (κ3) is 37.9. The van der Waals surface area contributed by atoms with Gasteiger partial charge in [-0.05, 0) is 19.8 Å². The molecule has 0 heterocycles. The minimum Gasteiger partial charge on any atom is -0.382 e. The summed E-state index contributed by atoms with van der Waals surface area (Å²) in [5.74, 6) is 0. The van der Waals surface area contributed by atoms with Gasteiger partial charge in [-0.3, -0.25) is 0 Å². The Hall–Kier alpha value is -0.0800. The lowest BCUT2D eigenvalue weighted by molar-refractivity contribution is 0.0860. The van der Waals surface area contributed by atoms with E-state index in [0.29, 0.717) is 0 Å². The first-order valence-electron chi connectivity index (χ1n) is 18.6. The van der Waals surface area contributed by atoms with Crippen LogP contribution in [0.3, 0.4) is 0 Å². The molecule has 0 bridgehead atoms. The van der Waals surface area contributed by atoms with Crippen LogP contribution in [0, 0.1) is 0 Å². The molecule has 236 valence electrons. The molecule has 0 unspecified atom stereocenters. The first-order valence-corrected chi connectivity index (χ1v) is 18.6. The van der Waals surface area contributed by atoms with Gasteiger partial charge < -0.3 is 9.47 Å². The second-order valence-electron chi connectivity index (χ2n) is 12.4. The molecule has 0 aromatic rings. The van der Waals surface area contributed by atoms with Crippen molar-refractivity contribution in [3.8, 4) is 0 Å². The highest BCUT2D eigenvalue weighted by Crippen LogP contribution is 2.16. The maximum Gasteiger partial charge on any atom is 0.0487 e. The van der Waals surface area contributed by atoms with Crippen LogP contribution in [-0.2, 0) is 9.47 Å². The molecule has 0 aliphatic heterocycles. The van der Waals surface area contributed by atoms with Crippen LogP contribution in [-0.4, -0.2) is 26.4 Å². The molecule has 0 radical (unpaired) electrons. The van der Waals surface area contributed by atoms with Crippen molar-refractivity contribution < 1.29 is 9.47 Å². The van der Waals surface area contributed by atoms with E-state index in [1.54, 1.807) is 0 Å². The van der Waals surface area contributed by atoms with E-state index < -0.39 is 0 Å². The summed E-state index contributed by atoms with van der Waals surface area (Å²) in [5, 5.41) is 0. The Balaban J connectivity index is 3.01. The molecule has 2 nitrogen and oxygen atoms in total. The molecule has 39 heavy (non-hydrogen) atoms. The van der Waals surface area contributed by atoms with E-state index in [9.17, 15) is 0 Å². The highest BCUT2D eigenvalue weighted by molar-refractivity contribution is 4.52. The summed E-state index contributed by atoms with van der Waals surface area (Å²) in [6.07, 6.45) is 44.7. The summed E-state index contributed by atoms with van der Waals surface area (Å²) in [4.78, 5) is 0. The maximum atomic E-state index is 5.66. The quantitative estimate of drug-likeness (QED) is 0.0719. The van der Waals surface area contributed by atoms with E-state index in [1.165, 1.54) is 193 Å². The van der Waals surface area contributed by atoms with Crippen molar-refractivity contribution in [2.45, 2.75) is 213 Å². The summed E-state index contributed by atoms with van der Waals surface area (Å²) in [6.45, 7) is 7.81. The number of hydrogen-bond donors (Lipinski definition) is 0. The fraction of sp³-hybridized carbons (Fsp3) is 1.00. The summed E-state index contributed by atoms with van der Waals surface area (Å²) >= 11 is 0. The van der Waals surface area contributed by atoms with Crippen molar-refractivity contribution >= 4 is 0 Å². The van der Waals surface area contributed by atoms with E-state index in [4.69, 9.17) is 9.47 Å². The normalized spacial score (nSPS) is 11.5. The minimum absolute atomic E-state index is 0.819. The maximum absolute atomic E-state index is 5.66. The Morgan fingerprint density at radius 1 is 0.231 bits per heavy atom. The predicted molar refractivity (Wildman–Crippen MR) is 176 cm³/mol. The fourth-order valence-electron chi connectivity index (χ4n) is 5.74. The van der Waals surface area contributed by atoms with Crippen molar-refractivity contribution in [1.82, 2.24) is 0 Å². The molecule has 0 N–H and O–H groups in total. The highest BCUT2D eigenvalue weighted by atomic mass is 16.5. The number of rotatable bonds is 36. The molecular formula is C37H76O2. The number of ether oxygens (including phenoxy) is 2. The first kappa shape index (κ1) is 38.9. The van der Waals surface area contributed by atoms with Gasteiger partial charge in [0.1, 0.15) is 0 Å². The second kappa shape index (κ2) is 37.9. The third-order valence-corrected chi connectivity index (χ3v) is 8.42. The van der Waals surface area contributed by atoms with Gasteiger partial charge in [-0.15, -0.1) is 0 Å². The third-order valence-electron chi connectivity index (χ3n) is 8.42. The summed E-state index contributed by atoms with van der Waals surface area (Å²) < 4.78 is 11.0. The van der Waals surface area contributed by atoms with E-state index in [-0.39, 0.29) is 0 Å². The number of unbranched alkanes of at least 4 members (excludes halogenated alkanes) is 29. The molecule has 0 spiro atoms. The van der Waals surface area contributed by atoms with Crippen molar-refractivity contribution in [3.63, 3.8) is 0 Å². The predicted octanol–water partition coefficient (Wildman–Crippen LogP) is 13.2. The van der Waals surface area contributed by atoms with Crippen molar-refractivity contribution in [1.29, 1.82) is 0 Å². The van der Waals surface area contributed by atoms with E-state index in [2.05, 4.69) is 6.92 Å². The molecule has 0 rings (SSSR count). The van der Waals surface area contributed by atoms with Crippen LogP contribution in [0.25, 0.3) is 0 Å². The molecule has 0 aromatic heterocycles. The van der Waals surface area contributed by atoms with Crippen molar-refractivity contribution in [3.05, 3.63) is 0 Å². The Labute approximate surface area is 248 Å². The molecule has 0 aromatic carbocycles. The van der Waals surface area contributed by atoms with Crippen LogP contribution in [0.2, 0.25) is 0 Å². The van der Waals surface area contributed by atoms with Gasteiger partial charge in [-0.25, -0.2) is 0 Å². The summed E-state index contributed by atoms with van der Waals surface area (Å²) in [7, 11) is 0. The average Bonchev–Trinajstić information content (AvgIpc) is 2.95. The molecule has 0 aliphatic rings. The van der Waals surface area contributed by atoms with Crippen LogP contribution >= 0.6 is 0 Å². The Bertz CT molecular complexity index is 361. The van der Waals surface area contributed by atoms with Gasteiger partial charge in [0, 0.05) is 26.4 Å². The van der Waals surface area contributed by atoms with Gasteiger partial charge in [-0.1, -0.05) is 193 Å². The highest BCUT2D eigenvalue weighted by Gasteiger charge is 1.97. The molecule has 2 heteroatoms. The monoisotopic (exact) mass is 553 g/mol. The molecule has 0 atom stereocenters. The molecule has 0 saturated heterocycles. The lowest BCUT2D eigenvalue weighted by atomic mass is 10.0. The Morgan fingerprint density at radius 2 is 0.462 bits per heavy atom. The minimum atomic E-state index is 0.819. The van der Waals surface area contributed by atoms with Crippen molar-refractivity contribution in [2.24, 2.45) is 0 Å². The largest absolute Gasteiger partial charge is 0.382 e. The van der Waals surface area contributed by atoms with Gasteiger partial charge in [0.2, 0.25) is 0 Å². The standard InChI is InChI=1S/C37H76O2/c1-3-5-6-7-8-9-10-11-12-13-14-15-16-17-18-19-20-21-22-23-24-25-26-27-28-29-30-31-32-33-35-39-37-34-36-38-4-2/h3-37H2,1-2H3. The SMILES string of the molecule is CCCCCCCCCCCCCCCCCCCCCCCCCCCCCCCCOCCCOCC. The lowest BCUT2D eigenvalue weighted by Crippen LogP contribution is -2.01. The molecule has 0 saturated carbocycles. The van der Waals surface area contributed by atoms with Gasteiger partial charge in [0.05, 0.1) is 0 Å². The molecule has 0 fully saturated rings. The lowest BCUT2D eigenvalue weighted by Gasteiger charge is -2.05. The Morgan fingerprint density at radius 3 is 0.744 bits per heavy atom. The summed E-state index contributed by atoms with van der Waals surface area (Å²) in [5.41, 5.74) is 0. The molecule has 0 amide bonds. The summed E-state index contributed by atoms with van der Waals surface area (Å²) in [6, 6.07) is 0. The van der Waals surface area contributed by atoms with E-state index in [1.807, 2.05) is 6.92 Å². The Kier molecular flexibility index (Phi) is 37.8. The van der Waals surface area contributed by atoms with Crippen molar-refractivity contribution in [2.75, 3.05) is 26.4 Å². The molecule has 0 aliphatic carbocycles. The van der Waals surface area contributed by atoms with Gasteiger partial charge in [0.25, 0.3) is 0 Å². The zero-order valence-corrected chi connectivity index (χ0v) is 27.6. The van der Waals surface area contributed by atoms with Crippen LogP contribution in [0.4, 0.5) is 0 Å². The van der Waals surface area contributed by atoms with Crippen LogP contribution in [0.1, 0.15) is 213 Å². The van der Waals surface area contributed by atoms with Gasteiger partial charge in [-0.2, -0.15) is 0 Å². The topological polar surface area (TPSA) is 18.5 Å². The first-order chi connectivity index (χ1) is 19.4. The average molecular weight is 553 g/mol. The smallest absolute Gasteiger partial charge is 0.0487 e. The molecular weight excluding hydrogens is 476 g/mol. The zero-order valence-electron chi connectivity index (χ0n) is 27.6. The zero-order chi connectivity index (χ0) is 28.2. The van der Waals surface area contributed by atoms with Gasteiger partial charge >= 0.3 is 0 Å². The van der Waals surface area contributed by atoms with Crippen LogP contribution < -0.4 is 0 Å².